The second kappa shape index (κ2) is 6.93. The zero-order valence-electron chi connectivity index (χ0n) is 9.57. The molecule has 90 valence electrons. The van der Waals surface area contributed by atoms with Crippen LogP contribution in [0.1, 0.15) is 13.8 Å². The van der Waals surface area contributed by atoms with E-state index in [-0.39, 0.29) is 6.10 Å². The Hall–Kier alpha value is -0.520. The molecule has 0 aliphatic heterocycles. The van der Waals surface area contributed by atoms with E-state index >= 15 is 0 Å². The van der Waals surface area contributed by atoms with Crippen molar-refractivity contribution in [1.29, 1.82) is 0 Å². The van der Waals surface area contributed by atoms with Crippen LogP contribution in [-0.2, 0) is 4.74 Å². The van der Waals surface area contributed by atoms with E-state index in [1.807, 2.05) is 20.1 Å². The summed E-state index contributed by atoms with van der Waals surface area (Å²) in [6, 6.07) is 1.60. The van der Waals surface area contributed by atoms with Crippen molar-refractivity contribution in [2.45, 2.75) is 25.1 Å². The molecular formula is C10H15ClN2O2S. The second-order valence-corrected chi connectivity index (χ2v) is 4.26. The fraction of sp³-hybridized carbons (Fsp3) is 0.600. The Bertz CT molecular complexity index is 339. The average molecular weight is 263 g/mol. The molecular weight excluding hydrogens is 248 g/mol. The Morgan fingerprint density at radius 2 is 2.25 bits per heavy atom. The molecule has 0 aliphatic carbocycles. The van der Waals surface area contributed by atoms with E-state index < -0.39 is 0 Å². The van der Waals surface area contributed by atoms with Crippen molar-refractivity contribution in [3.63, 3.8) is 0 Å². The summed E-state index contributed by atoms with van der Waals surface area (Å²) in [5, 5.41) is 0.990. The van der Waals surface area contributed by atoms with Crippen LogP contribution in [0.3, 0.4) is 0 Å². The molecule has 0 saturated heterocycles. The highest BCUT2D eigenvalue weighted by Crippen LogP contribution is 2.19. The van der Waals surface area contributed by atoms with Crippen molar-refractivity contribution in [3.8, 4) is 5.88 Å². The topological polar surface area (TPSA) is 44.2 Å². The van der Waals surface area contributed by atoms with Gasteiger partial charge in [-0.25, -0.2) is 4.98 Å². The molecule has 16 heavy (non-hydrogen) atoms. The summed E-state index contributed by atoms with van der Waals surface area (Å²) in [6.07, 6.45) is 1.83. The Balaban J connectivity index is 2.61. The number of hydrogen-bond donors (Lipinski definition) is 0. The predicted octanol–water partition coefficient (Wildman–Crippen LogP) is 2.66. The van der Waals surface area contributed by atoms with Gasteiger partial charge in [0.2, 0.25) is 5.88 Å². The lowest BCUT2D eigenvalue weighted by molar-refractivity contribution is 0.0629. The Morgan fingerprint density at radius 1 is 1.50 bits per heavy atom. The second-order valence-electron chi connectivity index (χ2n) is 3.10. The molecule has 0 saturated carbocycles. The highest BCUT2D eigenvalue weighted by atomic mass is 35.5. The number of hydrogen-bond acceptors (Lipinski definition) is 5. The molecule has 1 aromatic heterocycles. The van der Waals surface area contributed by atoms with Gasteiger partial charge in [0.1, 0.15) is 11.3 Å². The van der Waals surface area contributed by atoms with E-state index in [4.69, 9.17) is 21.1 Å². The van der Waals surface area contributed by atoms with Gasteiger partial charge in [0, 0.05) is 12.7 Å². The van der Waals surface area contributed by atoms with Gasteiger partial charge in [0.05, 0.1) is 6.61 Å². The Morgan fingerprint density at radius 3 is 2.88 bits per heavy atom. The normalized spacial score (nSPS) is 12.5. The van der Waals surface area contributed by atoms with Gasteiger partial charge in [-0.2, -0.15) is 4.98 Å². The summed E-state index contributed by atoms with van der Waals surface area (Å²) in [5.41, 5.74) is 0. The molecule has 0 radical (unpaired) electrons. The third-order valence-corrected chi connectivity index (χ3v) is 2.45. The molecule has 1 heterocycles. The number of nitrogens with zero attached hydrogens (tertiary/aromatic N) is 2. The minimum Gasteiger partial charge on any atom is -0.472 e. The zero-order valence-corrected chi connectivity index (χ0v) is 11.1. The molecule has 0 spiro atoms. The molecule has 4 nitrogen and oxygen atoms in total. The number of aromatic nitrogens is 2. The summed E-state index contributed by atoms with van der Waals surface area (Å²) in [5.74, 6) is 0.483. The van der Waals surface area contributed by atoms with Crippen LogP contribution in [0, 0.1) is 0 Å². The van der Waals surface area contributed by atoms with Gasteiger partial charge < -0.3 is 9.47 Å². The highest BCUT2D eigenvalue weighted by Gasteiger charge is 2.08. The monoisotopic (exact) mass is 262 g/mol. The smallest absolute Gasteiger partial charge is 0.219 e. The standard InChI is InChI=1S/C10H15ClN2O2S/c1-4-14-6-7(2)15-9-5-8(11)12-10(13-9)16-3/h5,7H,4,6H2,1-3H3. The SMILES string of the molecule is CCOCC(C)Oc1cc(Cl)nc(SC)n1. The van der Waals surface area contributed by atoms with Gasteiger partial charge in [-0.1, -0.05) is 23.4 Å². The minimum absolute atomic E-state index is 0.0550. The van der Waals surface area contributed by atoms with Crippen molar-refractivity contribution >= 4 is 23.4 Å². The van der Waals surface area contributed by atoms with E-state index in [2.05, 4.69) is 9.97 Å². The largest absolute Gasteiger partial charge is 0.472 e. The molecule has 1 unspecified atom stereocenters. The zero-order chi connectivity index (χ0) is 12.0. The first kappa shape index (κ1) is 13.5. The van der Waals surface area contributed by atoms with Crippen LogP contribution in [0.2, 0.25) is 5.15 Å². The first-order valence-corrected chi connectivity index (χ1v) is 6.59. The van der Waals surface area contributed by atoms with Gasteiger partial charge in [-0.3, -0.25) is 0 Å². The predicted molar refractivity (Wildman–Crippen MR) is 65.4 cm³/mol. The molecule has 0 fully saturated rings. The van der Waals surface area contributed by atoms with Crippen LogP contribution >= 0.6 is 23.4 Å². The van der Waals surface area contributed by atoms with Crippen LogP contribution in [0.25, 0.3) is 0 Å². The van der Waals surface area contributed by atoms with Crippen molar-refractivity contribution in [1.82, 2.24) is 9.97 Å². The van der Waals surface area contributed by atoms with E-state index in [1.54, 1.807) is 6.07 Å². The van der Waals surface area contributed by atoms with Gasteiger partial charge in [0.15, 0.2) is 5.16 Å². The van der Waals surface area contributed by atoms with Crippen LogP contribution < -0.4 is 4.74 Å². The molecule has 0 aliphatic rings. The fourth-order valence-corrected chi connectivity index (χ4v) is 1.65. The van der Waals surface area contributed by atoms with Gasteiger partial charge in [-0.15, -0.1) is 0 Å². The first-order chi connectivity index (χ1) is 7.65. The molecule has 1 rings (SSSR count). The maximum Gasteiger partial charge on any atom is 0.219 e. The van der Waals surface area contributed by atoms with Gasteiger partial charge in [0.25, 0.3) is 0 Å². The minimum atomic E-state index is -0.0550. The lowest BCUT2D eigenvalue weighted by Crippen LogP contribution is -2.19. The molecule has 0 amide bonds. The lowest BCUT2D eigenvalue weighted by atomic mass is 10.4. The fourth-order valence-electron chi connectivity index (χ4n) is 1.05. The number of ether oxygens (including phenoxy) is 2. The van der Waals surface area contributed by atoms with Crippen LogP contribution in [0.4, 0.5) is 0 Å². The average Bonchev–Trinajstić information content (AvgIpc) is 2.25. The first-order valence-electron chi connectivity index (χ1n) is 4.98. The van der Waals surface area contributed by atoms with Crippen molar-refractivity contribution < 1.29 is 9.47 Å². The maximum atomic E-state index is 5.84. The molecule has 1 aromatic rings. The number of rotatable bonds is 6. The van der Waals surface area contributed by atoms with Crippen molar-refractivity contribution in [3.05, 3.63) is 11.2 Å². The number of halogens is 1. The summed E-state index contributed by atoms with van der Waals surface area (Å²) in [7, 11) is 0. The van der Waals surface area contributed by atoms with E-state index in [0.717, 1.165) is 0 Å². The quantitative estimate of drug-likeness (QED) is 0.448. The molecule has 0 aromatic carbocycles. The highest BCUT2D eigenvalue weighted by molar-refractivity contribution is 7.98. The molecule has 6 heteroatoms. The van der Waals surface area contributed by atoms with Crippen LogP contribution in [0.5, 0.6) is 5.88 Å². The summed E-state index contributed by atoms with van der Waals surface area (Å²) < 4.78 is 10.8. The summed E-state index contributed by atoms with van der Waals surface area (Å²) in [6.45, 7) is 5.07. The third kappa shape index (κ3) is 4.55. The van der Waals surface area contributed by atoms with E-state index in [1.165, 1.54) is 11.8 Å². The van der Waals surface area contributed by atoms with Crippen LogP contribution in [-0.4, -0.2) is 35.5 Å². The van der Waals surface area contributed by atoms with E-state index in [0.29, 0.717) is 29.4 Å². The van der Waals surface area contributed by atoms with E-state index in [9.17, 15) is 0 Å². The van der Waals surface area contributed by atoms with Crippen LogP contribution in [0.15, 0.2) is 11.2 Å². The molecule has 1 atom stereocenters. The molecule has 0 N–H and O–H groups in total. The number of thioether (sulfide) groups is 1. The van der Waals surface area contributed by atoms with Crippen molar-refractivity contribution in [2.24, 2.45) is 0 Å². The van der Waals surface area contributed by atoms with Gasteiger partial charge >= 0.3 is 0 Å². The Kier molecular flexibility index (Phi) is 5.87. The van der Waals surface area contributed by atoms with Crippen molar-refractivity contribution in [2.75, 3.05) is 19.5 Å². The maximum absolute atomic E-state index is 5.84. The Labute approximate surface area is 105 Å². The third-order valence-electron chi connectivity index (χ3n) is 1.71. The summed E-state index contributed by atoms with van der Waals surface area (Å²) in [4.78, 5) is 8.22. The van der Waals surface area contributed by atoms with Gasteiger partial charge in [-0.05, 0) is 20.1 Å². The summed E-state index contributed by atoms with van der Waals surface area (Å²) >= 11 is 7.27. The molecule has 0 bridgehead atoms. The lowest BCUT2D eigenvalue weighted by Gasteiger charge is -2.13.